The minimum Gasteiger partial charge on any atom is -0.299 e. The van der Waals surface area contributed by atoms with E-state index in [4.69, 9.17) is 11.6 Å². The molecule has 1 atom stereocenters. The molecule has 0 N–H and O–H groups in total. The fourth-order valence-corrected chi connectivity index (χ4v) is 3.13. The molecule has 0 saturated heterocycles. The van der Waals surface area contributed by atoms with E-state index in [2.05, 4.69) is 29.3 Å². The van der Waals surface area contributed by atoms with Crippen molar-refractivity contribution in [2.24, 2.45) is 0 Å². The van der Waals surface area contributed by atoms with Crippen molar-refractivity contribution in [3.05, 3.63) is 61.3 Å². The lowest BCUT2D eigenvalue weighted by atomic mass is 10.1. The van der Waals surface area contributed by atoms with E-state index >= 15 is 0 Å². The lowest BCUT2D eigenvalue weighted by molar-refractivity contribution is -0.384. The van der Waals surface area contributed by atoms with Crippen molar-refractivity contribution >= 4 is 28.6 Å². The molecule has 4 nitrogen and oxygen atoms in total. The van der Waals surface area contributed by atoms with Crippen LogP contribution in [0.25, 0.3) is 0 Å². The molecule has 2 rings (SSSR count). The van der Waals surface area contributed by atoms with E-state index in [0.29, 0.717) is 12.6 Å². The van der Waals surface area contributed by atoms with Gasteiger partial charge in [-0.25, -0.2) is 0 Å². The minimum atomic E-state index is -0.444. The Hall–Kier alpha value is -1.43. The van der Waals surface area contributed by atoms with Gasteiger partial charge in [0.1, 0.15) is 5.02 Å². The molecule has 1 heterocycles. The number of halogens is 1. The van der Waals surface area contributed by atoms with Gasteiger partial charge in [0.05, 0.1) is 4.92 Å². The maximum Gasteiger partial charge on any atom is 0.288 e. The van der Waals surface area contributed by atoms with Crippen LogP contribution in [0.2, 0.25) is 5.02 Å². The summed E-state index contributed by atoms with van der Waals surface area (Å²) in [5.41, 5.74) is 0.861. The molecule has 21 heavy (non-hydrogen) atoms. The lowest BCUT2D eigenvalue weighted by Crippen LogP contribution is -2.30. The topological polar surface area (TPSA) is 46.4 Å². The largest absolute Gasteiger partial charge is 0.299 e. The standard InChI is InChI=1S/C15H17ClN2O2S/c1-11(8-13-4-3-7-21-13)17(2)10-12-5-6-14(16)15(9-12)18(19)20/h3-7,9,11H,8,10H2,1-2H3. The Morgan fingerprint density at radius 1 is 1.43 bits per heavy atom. The monoisotopic (exact) mass is 324 g/mol. The zero-order valence-corrected chi connectivity index (χ0v) is 13.5. The van der Waals surface area contributed by atoms with Gasteiger partial charge >= 0.3 is 0 Å². The minimum absolute atomic E-state index is 0.0338. The molecule has 0 aliphatic rings. The predicted octanol–water partition coefficient (Wildman–Crippen LogP) is 4.37. The van der Waals surface area contributed by atoms with Gasteiger partial charge in [0, 0.05) is 23.5 Å². The Balaban J connectivity index is 2.03. The van der Waals surface area contributed by atoms with Gasteiger partial charge in [-0.2, -0.15) is 0 Å². The quantitative estimate of drug-likeness (QED) is 0.585. The molecule has 6 heteroatoms. The van der Waals surface area contributed by atoms with Crippen LogP contribution in [0.3, 0.4) is 0 Å². The van der Waals surface area contributed by atoms with Crippen molar-refractivity contribution in [2.75, 3.05) is 7.05 Å². The number of hydrogen-bond acceptors (Lipinski definition) is 4. The van der Waals surface area contributed by atoms with Gasteiger partial charge in [0.15, 0.2) is 0 Å². The number of hydrogen-bond donors (Lipinski definition) is 0. The number of thiophene rings is 1. The van der Waals surface area contributed by atoms with Crippen molar-refractivity contribution in [1.82, 2.24) is 4.90 Å². The molecule has 112 valence electrons. The van der Waals surface area contributed by atoms with Gasteiger partial charge in [-0.05, 0) is 43.5 Å². The summed E-state index contributed by atoms with van der Waals surface area (Å²) in [6, 6.07) is 9.52. The molecule has 1 unspecified atom stereocenters. The zero-order chi connectivity index (χ0) is 15.4. The molecular formula is C15H17ClN2O2S. The lowest BCUT2D eigenvalue weighted by Gasteiger charge is -2.24. The highest BCUT2D eigenvalue weighted by molar-refractivity contribution is 7.09. The normalized spacial score (nSPS) is 12.6. The SMILES string of the molecule is CC(Cc1cccs1)N(C)Cc1ccc(Cl)c([N+](=O)[O-])c1. The molecule has 0 amide bonds. The van der Waals surface area contributed by atoms with Gasteiger partial charge in [-0.1, -0.05) is 23.7 Å². The molecule has 0 aliphatic carbocycles. The second kappa shape index (κ2) is 7.02. The maximum atomic E-state index is 10.9. The van der Waals surface area contributed by atoms with E-state index in [1.165, 1.54) is 4.88 Å². The van der Waals surface area contributed by atoms with Crippen molar-refractivity contribution in [3.63, 3.8) is 0 Å². The second-order valence-electron chi connectivity index (χ2n) is 5.09. The summed E-state index contributed by atoms with van der Waals surface area (Å²) < 4.78 is 0. The van der Waals surface area contributed by atoms with E-state index in [9.17, 15) is 10.1 Å². The first-order chi connectivity index (χ1) is 9.97. The maximum absolute atomic E-state index is 10.9. The van der Waals surface area contributed by atoms with E-state index in [1.807, 2.05) is 13.1 Å². The summed E-state index contributed by atoms with van der Waals surface area (Å²) in [6.07, 6.45) is 0.976. The summed E-state index contributed by atoms with van der Waals surface area (Å²) in [4.78, 5) is 14.0. The van der Waals surface area contributed by atoms with Crippen molar-refractivity contribution in [3.8, 4) is 0 Å². The number of nitro groups is 1. The van der Waals surface area contributed by atoms with Crippen molar-refractivity contribution in [2.45, 2.75) is 25.9 Å². The molecule has 0 aliphatic heterocycles. The third-order valence-corrected chi connectivity index (χ3v) is 4.69. The zero-order valence-electron chi connectivity index (χ0n) is 12.0. The highest BCUT2D eigenvalue weighted by Gasteiger charge is 2.15. The predicted molar refractivity (Wildman–Crippen MR) is 87.1 cm³/mol. The highest BCUT2D eigenvalue weighted by Crippen LogP contribution is 2.26. The summed E-state index contributed by atoms with van der Waals surface area (Å²) in [6.45, 7) is 2.81. The molecule has 1 aromatic heterocycles. The Kier molecular flexibility index (Phi) is 5.33. The van der Waals surface area contributed by atoms with Gasteiger partial charge in [0.2, 0.25) is 0 Å². The Morgan fingerprint density at radius 2 is 2.19 bits per heavy atom. The van der Waals surface area contributed by atoms with Crippen LogP contribution < -0.4 is 0 Å². The average Bonchev–Trinajstić information content (AvgIpc) is 2.93. The average molecular weight is 325 g/mol. The second-order valence-corrected chi connectivity index (χ2v) is 6.53. The molecule has 2 aromatic rings. The van der Waals surface area contributed by atoms with Crippen molar-refractivity contribution in [1.29, 1.82) is 0 Å². The fourth-order valence-electron chi connectivity index (χ4n) is 2.12. The van der Waals surface area contributed by atoms with Crippen LogP contribution in [0.15, 0.2) is 35.7 Å². The van der Waals surface area contributed by atoms with Crippen LogP contribution in [0.1, 0.15) is 17.4 Å². The summed E-state index contributed by atoms with van der Waals surface area (Å²) in [5.74, 6) is 0. The van der Waals surface area contributed by atoms with Gasteiger partial charge in [-0.15, -0.1) is 11.3 Å². The Bertz CT molecular complexity index is 616. The van der Waals surface area contributed by atoms with E-state index in [1.54, 1.807) is 23.5 Å². The molecule has 0 saturated carbocycles. The molecule has 0 spiro atoms. The van der Waals surface area contributed by atoms with Crippen LogP contribution in [-0.4, -0.2) is 22.9 Å². The van der Waals surface area contributed by atoms with Gasteiger partial charge in [-0.3, -0.25) is 15.0 Å². The van der Waals surface area contributed by atoms with Crippen LogP contribution in [0.4, 0.5) is 5.69 Å². The first-order valence-electron chi connectivity index (χ1n) is 6.63. The molecule has 0 radical (unpaired) electrons. The molecule has 0 fully saturated rings. The van der Waals surface area contributed by atoms with Crippen molar-refractivity contribution < 1.29 is 4.92 Å². The number of benzene rings is 1. The molecule has 1 aromatic carbocycles. The third kappa shape index (κ3) is 4.27. The Morgan fingerprint density at radius 3 is 2.81 bits per heavy atom. The number of rotatable bonds is 6. The summed E-state index contributed by atoms with van der Waals surface area (Å²) >= 11 is 7.58. The number of nitrogens with zero attached hydrogens (tertiary/aromatic N) is 2. The van der Waals surface area contributed by atoms with Crippen LogP contribution in [0, 0.1) is 10.1 Å². The smallest absolute Gasteiger partial charge is 0.288 e. The molecule has 0 bridgehead atoms. The summed E-state index contributed by atoms with van der Waals surface area (Å²) in [7, 11) is 2.03. The Labute approximate surface area is 133 Å². The summed E-state index contributed by atoms with van der Waals surface area (Å²) in [5, 5.41) is 13.2. The molecular weight excluding hydrogens is 308 g/mol. The van der Waals surface area contributed by atoms with Crippen LogP contribution in [0.5, 0.6) is 0 Å². The first kappa shape index (κ1) is 15.9. The number of nitro benzene ring substituents is 1. The van der Waals surface area contributed by atoms with Gasteiger partial charge < -0.3 is 0 Å². The number of likely N-dealkylation sites (N-methyl/N-ethyl adjacent to an activating group) is 1. The third-order valence-electron chi connectivity index (χ3n) is 3.47. The van der Waals surface area contributed by atoms with E-state index in [-0.39, 0.29) is 10.7 Å². The first-order valence-corrected chi connectivity index (χ1v) is 7.88. The van der Waals surface area contributed by atoms with E-state index < -0.39 is 4.92 Å². The van der Waals surface area contributed by atoms with Crippen LogP contribution >= 0.6 is 22.9 Å². The van der Waals surface area contributed by atoms with Crippen LogP contribution in [-0.2, 0) is 13.0 Å². The highest BCUT2D eigenvalue weighted by atomic mass is 35.5. The van der Waals surface area contributed by atoms with E-state index in [0.717, 1.165) is 12.0 Å². The van der Waals surface area contributed by atoms with Gasteiger partial charge in [0.25, 0.3) is 5.69 Å². The fraction of sp³-hybridized carbons (Fsp3) is 0.333.